The van der Waals surface area contributed by atoms with E-state index in [2.05, 4.69) is 10.0 Å². The maximum Gasteiger partial charge on any atom is 0.243 e. The average Bonchev–Trinajstić information content (AvgIpc) is 2.44. The number of hydrogen-bond donors (Lipinski definition) is 2. The molecule has 8 heteroatoms. The number of halogens is 3. The van der Waals surface area contributed by atoms with Gasteiger partial charge in [-0.1, -0.05) is 6.42 Å². The SMILES string of the molecule is O=S(=O)(NC[C@H]1CCCCN1)c1ccc(F)c(F)c1F. The number of nitrogens with one attached hydrogen (secondary N) is 2. The summed E-state index contributed by atoms with van der Waals surface area (Å²) in [6.45, 7) is 0.882. The zero-order valence-electron chi connectivity index (χ0n) is 10.6. The van der Waals surface area contributed by atoms with E-state index in [0.717, 1.165) is 25.8 Å². The Balaban J connectivity index is 2.12. The summed E-state index contributed by atoms with van der Waals surface area (Å²) in [5.74, 6) is -4.91. The molecule has 112 valence electrons. The third kappa shape index (κ3) is 3.31. The van der Waals surface area contributed by atoms with Crippen molar-refractivity contribution < 1.29 is 21.6 Å². The van der Waals surface area contributed by atoms with Crippen molar-refractivity contribution in [3.63, 3.8) is 0 Å². The van der Waals surface area contributed by atoms with Crippen LogP contribution in [0.2, 0.25) is 0 Å². The molecular weight excluding hydrogens is 293 g/mol. The third-order valence-corrected chi connectivity index (χ3v) is 4.66. The van der Waals surface area contributed by atoms with Gasteiger partial charge in [-0.15, -0.1) is 0 Å². The fourth-order valence-electron chi connectivity index (χ4n) is 2.10. The van der Waals surface area contributed by atoms with Gasteiger partial charge in [-0.25, -0.2) is 26.3 Å². The van der Waals surface area contributed by atoms with Crippen LogP contribution in [0.3, 0.4) is 0 Å². The molecule has 1 aromatic rings. The monoisotopic (exact) mass is 308 g/mol. The molecule has 0 aromatic heterocycles. The van der Waals surface area contributed by atoms with Crippen LogP contribution in [-0.4, -0.2) is 27.5 Å². The lowest BCUT2D eigenvalue weighted by Crippen LogP contribution is -2.43. The highest BCUT2D eigenvalue weighted by Gasteiger charge is 2.25. The van der Waals surface area contributed by atoms with Gasteiger partial charge in [-0.3, -0.25) is 0 Å². The van der Waals surface area contributed by atoms with E-state index < -0.39 is 32.4 Å². The van der Waals surface area contributed by atoms with E-state index in [9.17, 15) is 21.6 Å². The maximum atomic E-state index is 13.5. The Morgan fingerprint density at radius 2 is 1.95 bits per heavy atom. The molecule has 2 N–H and O–H groups in total. The van der Waals surface area contributed by atoms with Crippen molar-refractivity contribution in [2.45, 2.75) is 30.2 Å². The highest BCUT2D eigenvalue weighted by molar-refractivity contribution is 7.89. The van der Waals surface area contributed by atoms with Crippen LogP contribution in [0.4, 0.5) is 13.2 Å². The summed E-state index contributed by atoms with van der Waals surface area (Å²) in [6.07, 6.45) is 2.82. The molecule has 4 nitrogen and oxygen atoms in total. The molecular formula is C12H15F3N2O2S. The smallest absolute Gasteiger partial charge is 0.243 e. The molecule has 0 radical (unpaired) electrons. The van der Waals surface area contributed by atoms with Gasteiger partial charge in [0, 0.05) is 12.6 Å². The second-order valence-corrected chi connectivity index (χ2v) is 6.41. The average molecular weight is 308 g/mol. The zero-order chi connectivity index (χ0) is 14.8. The molecule has 2 rings (SSSR count). The lowest BCUT2D eigenvalue weighted by Gasteiger charge is -2.23. The standard InChI is InChI=1S/C12H15F3N2O2S/c13-9-4-5-10(12(15)11(9)14)20(18,19)17-7-8-3-1-2-6-16-8/h4-5,8,16-17H,1-3,6-7H2/t8-/m1/s1. The van der Waals surface area contributed by atoms with Crippen LogP contribution in [0.25, 0.3) is 0 Å². The Morgan fingerprint density at radius 3 is 2.60 bits per heavy atom. The van der Waals surface area contributed by atoms with Crippen LogP contribution in [-0.2, 0) is 10.0 Å². The second-order valence-electron chi connectivity index (χ2n) is 4.67. The molecule has 1 saturated heterocycles. The number of sulfonamides is 1. The van der Waals surface area contributed by atoms with Gasteiger partial charge in [0.1, 0.15) is 4.90 Å². The van der Waals surface area contributed by atoms with Gasteiger partial charge in [0.25, 0.3) is 0 Å². The van der Waals surface area contributed by atoms with Gasteiger partial charge in [-0.05, 0) is 31.5 Å². The Labute approximate surface area is 115 Å². The molecule has 0 amide bonds. The summed E-state index contributed by atoms with van der Waals surface area (Å²) < 4.78 is 65.3. The quantitative estimate of drug-likeness (QED) is 0.829. The van der Waals surface area contributed by atoms with Crippen molar-refractivity contribution in [3.8, 4) is 0 Å². The minimum atomic E-state index is -4.20. The number of rotatable bonds is 4. The lowest BCUT2D eigenvalue weighted by molar-refractivity contribution is 0.397. The number of hydrogen-bond acceptors (Lipinski definition) is 3. The predicted octanol–water partition coefficient (Wildman–Crippen LogP) is 1.52. The fraction of sp³-hybridized carbons (Fsp3) is 0.500. The number of piperidine rings is 1. The Bertz CT molecular complexity index is 587. The van der Waals surface area contributed by atoms with Crippen LogP contribution in [0, 0.1) is 17.5 Å². The molecule has 0 bridgehead atoms. The summed E-state index contributed by atoms with van der Waals surface area (Å²) in [6, 6.07) is 1.27. The summed E-state index contributed by atoms with van der Waals surface area (Å²) in [5, 5.41) is 3.12. The number of benzene rings is 1. The van der Waals surface area contributed by atoms with Crippen molar-refractivity contribution in [2.24, 2.45) is 0 Å². The first-order valence-corrected chi connectivity index (χ1v) is 7.76. The minimum absolute atomic E-state index is 0.0353. The fourth-order valence-corrected chi connectivity index (χ4v) is 3.25. The van der Waals surface area contributed by atoms with Gasteiger partial charge in [0.15, 0.2) is 17.5 Å². The highest BCUT2D eigenvalue weighted by Crippen LogP contribution is 2.19. The third-order valence-electron chi connectivity index (χ3n) is 3.22. The van der Waals surface area contributed by atoms with Crippen LogP contribution in [0.1, 0.15) is 19.3 Å². The maximum absolute atomic E-state index is 13.5. The molecule has 0 aliphatic carbocycles. The van der Waals surface area contributed by atoms with Gasteiger partial charge in [0.2, 0.25) is 10.0 Å². The molecule has 0 saturated carbocycles. The summed E-state index contributed by atoms with van der Waals surface area (Å²) in [4.78, 5) is -0.882. The van der Waals surface area contributed by atoms with Crippen LogP contribution >= 0.6 is 0 Å². The van der Waals surface area contributed by atoms with Crippen molar-refractivity contribution in [1.82, 2.24) is 10.0 Å². The summed E-state index contributed by atoms with van der Waals surface area (Å²) in [5.41, 5.74) is 0. The Kier molecular flexibility index (Phi) is 4.66. The van der Waals surface area contributed by atoms with E-state index in [0.29, 0.717) is 12.1 Å². The molecule has 1 aromatic carbocycles. The summed E-state index contributed by atoms with van der Waals surface area (Å²) in [7, 11) is -4.20. The first-order valence-electron chi connectivity index (χ1n) is 6.28. The van der Waals surface area contributed by atoms with Gasteiger partial charge in [0.05, 0.1) is 0 Å². The van der Waals surface area contributed by atoms with Crippen molar-refractivity contribution in [1.29, 1.82) is 0 Å². The molecule has 20 heavy (non-hydrogen) atoms. The van der Waals surface area contributed by atoms with E-state index in [1.165, 1.54) is 0 Å². The molecule has 1 heterocycles. The van der Waals surface area contributed by atoms with E-state index in [-0.39, 0.29) is 12.6 Å². The van der Waals surface area contributed by atoms with E-state index in [1.54, 1.807) is 0 Å². The molecule has 0 spiro atoms. The van der Waals surface area contributed by atoms with Crippen molar-refractivity contribution >= 4 is 10.0 Å². The van der Waals surface area contributed by atoms with Crippen LogP contribution in [0.5, 0.6) is 0 Å². The first-order chi connectivity index (χ1) is 9.42. The van der Waals surface area contributed by atoms with Gasteiger partial charge < -0.3 is 5.32 Å². The van der Waals surface area contributed by atoms with E-state index in [4.69, 9.17) is 0 Å². The first kappa shape index (κ1) is 15.3. The normalized spacial score (nSPS) is 20.1. The molecule has 0 unspecified atom stereocenters. The van der Waals surface area contributed by atoms with E-state index in [1.807, 2.05) is 0 Å². The van der Waals surface area contributed by atoms with Crippen molar-refractivity contribution in [2.75, 3.05) is 13.1 Å². The van der Waals surface area contributed by atoms with Gasteiger partial charge >= 0.3 is 0 Å². The molecule has 1 aliphatic heterocycles. The van der Waals surface area contributed by atoms with Crippen LogP contribution in [0.15, 0.2) is 17.0 Å². The van der Waals surface area contributed by atoms with E-state index >= 15 is 0 Å². The Hall–Kier alpha value is -1.12. The topological polar surface area (TPSA) is 58.2 Å². The summed E-state index contributed by atoms with van der Waals surface area (Å²) >= 11 is 0. The largest absolute Gasteiger partial charge is 0.313 e. The molecule has 1 atom stereocenters. The molecule has 1 aliphatic rings. The minimum Gasteiger partial charge on any atom is -0.313 e. The predicted molar refractivity (Wildman–Crippen MR) is 67.1 cm³/mol. The lowest BCUT2D eigenvalue weighted by atomic mass is 10.1. The van der Waals surface area contributed by atoms with Gasteiger partial charge in [-0.2, -0.15) is 0 Å². The highest BCUT2D eigenvalue weighted by atomic mass is 32.2. The second kappa shape index (κ2) is 6.11. The Morgan fingerprint density at radius 1 is 1.20 bits per heavy atom. The van der Waals surface area contributed by atoms with Crippen molar-refractivity contribution in [3.05, 3.63) is 29.6 Å². The molecule has 1 fully saturated rings. The zero-order valence-corrected chi connectivity index (χ0v) is 11.4. The van der Waals surface area contributed by atoms with Crippen LogP contribution < -0.4 is 10.0 Å².